The zero-order valence-electron chi connectivity index (χ0n) is 18.7. The second kappa shape index (κ2) is 8.68. The van der Waals surface area contributed by atoms with Crippen LogP contribution in [0.25, 0.3) is 28.4 Å². The summed E-state index contributed by atoms with van der Waals surface area (Å²) in [5.74, 6) is -0.0370. The molecule has 0 aliphatic carbocycles. The largest absolute Gasteiger partial charge is 0.385 e. The summed E-state index contributed by atoms with van der Waals surface area (Å²) in [6, 6.07) is 23.9. The van der Waals surface area contributed by atoms with Crippen LogP contribution in [-0.4, -0.2) is 38.6 Å². The number of hydrogen-bond acceptors (Lipinski definition) is 3. The molecule has 0 radical (unpaired) electrons. The van der Waals surface area contributed by atoms with E-state index in [1.165, 1.54) is 0 Å². The first-order valence-electron chi connectivity index (χ1n) is 11.3. The van der Waals surface area contributed by atoms with E-state index in [2.05, 4.69) is 21.7 Å². The molecule has 1 amide bonds. The van der Waals surface area contributed by atoms with Gasteiger partial charge in [0.05, 0.1) is 11.3 Å². The molecule has 2 aromatic heterocycles. The second-order valence-electron chi connectivity index (χ2n) is 8.62. The molecule has 4 aromatic rings. The van der Waals surface area contributed by atoms with Crippen LogP contribution in [0.2, 0.25) is 0 Å². The molecule has 0 saturated carbocycles. The van der Waals surface area contributed by atoms with E-state index in [0.717, 1.165) is 33.4 Å². The van der Waals surface area contributed by atoms with Gasteiger partial charge in [0, 0.05) is 43.4 Å². The van der Waals surface area contributed by atoms with Crippen LogP contribution in [0, 0.1) is 0 Å². The molecule has 33 heavy (non-hydrogen) atoms. The third-order valence-corrected chi connectivity index (χ3v) is 6.64. The number of aromatic nitrogens is 2. The van der Waals surface area contributed by atoms with E-state index >= 15 is 0 Å². The van der Waals surface area contributed by atoms with Gasteiger partial charge in [0.15, 0.2) is 0 Å². The first-order chi connectivity index (χ1) is 16.1. The number of carbonyl (C=O) groups excluding carboxylic acids is 1. The van der Waals surface area contributed by atoms with E-state index in [-0.39, 0.29) is 5.91 Å². The summed E-state index contributed by atoms with van der Waals surface area (Å²) in [6.45, 7) is 1.05. The van der Waals surface area contributed by atoms with Crippen molar-refractivity contribution in [2.24, 2.45) is 7.05 Å². The van der Waals surface area contributed by atoms with Gasteiger partial charge in [0.2, 0.25) is 5.91 Å². The van der Waals surface area contributed by atoms with E-state index in [0.29, 0.717) is 25.9 Å². The Labute approximate surface area is 193 Å². The van der Waals surface area contributed by atoms with Crippen LogP contribution >= 0.6 is 0 Å². The summed E-state index contributed by atoms with van der Waals surface area (Å²) in [7, 11) is 2.01. The molecule has 166 valence electrons. The fourth-order valence-corrected chi connectivity index (χ4v) is 4.80. The number of carbonyl (C=O) groups is 1. The summed E-state index contributed by atoms with van der Waals surface area (Å²) in [4.78, 5) is 19.4. The van der Waals surface area contributed by atoms with Gasteiger partial charge in [0.1, 0.15) is 5.65 Å². The quantitative estimate of drug-likeness (QED) is 0.468. The number of amides is 1. The number of aryl methyl sites for hydroxylation is 1. The van der Waals surface area contributed by atoms with E-state index in [4.69, 9.17) is 0 Å². The standard InChI is InChI=1S/C28H27N3O2/c1-30-26(21-9-4-2-5-10-21)23(24-13-8-18-29-27(24)30)14-15-25(32)31-19-16-28(33,17-20-31)22-11-6-3-7-12-22/h2-15,18,33H,16-17,19-20H2,1H3/b15-14+. The van der Waals surface area contributed by atoms with Gasteiger partial charge < -0.3 is 14.6 Å². The topological polar surface area (TPSA) is 58.4 Å². The third kappa shape index (κ3) is 3.96. The Kier molecular flexibility index (Phi) is 5.56. The lowest BCUT2D eigenvalue weighted by molar-refractivity contribution is -0.130. The lowest BCUT2D eigenvalue weighted by Crippen LogP contribution is -2.44. The molecule has 3 heterocycles. The Balaban J connectivity index is 1.40. The van der Waals surface area contributed by atoms with Crippen molar-refractivity contribution in [3.05, 3.63) is 96.2 Å². The van der Waals surface area contributed by atoms with Crippen LogP contribution in [0.15, 0.2) is 85.1 Å². The Hall–Kier alpha value is -3.70. The number of rotatable bonds is 4. The number of benzene rings is 2. The molecular formula is C28H27N3O2. The highest BCUT2D eigenvalue weighted by molar-refractivity contribution is 6.00. The van der Waals surface area contributed by atoms with Crippen LogP contribution in [0.1, 0.15) is 24.0 Å². The van der Waals surface area contributed by atoms with Gasteiger partial charge in [-0.2, -0.15) is 0 Å². The summed E-state index contributed by atoms with van der Waals surface area (Å²) in [5.41, 5.74) is 4.03. The fourth-order valence-electron chi connectivity index (χ4n) is 4.80. The molecule has 1 aliphatic rings. The highest BCUT2D eigenvalue weighted by atomic mass is 16.3. The lowest BCUT2D eigenvalue weighted by atomic mass is 9.84. The molecule has 1 N–H and O–H groups in total. The van der Waals surface area contributed by atoms with Crippen LogP contribution in [0.4, 0.5) is 0 Å². The maximum Gasteiger partial charge on any atom is 0.246 e. The van der Waals surface area contributed by atoms with Gasteiger partial charge in [-0.05, 0) is 42.2 Å². The Bertz CT molecular complexity index is 1300. The van der Waals surface area contributed by atoms with Crippen molar-refractivity contribution in [3.63, 3.8) is 0 Å². The number of fused-ring (bicyclic) bond motifs is 1. The first kappa shape index (κ1) is 21.2. The molecule has 0 atom stereocenters. The molecule has 5 heteroatoms. The monoisotopic (exact) mass is 437 g/mol. The number of pyridine rings is 1. The van der Waals surface area contributed by atoms with Crippen molar-refractivity contribution in [1.29, 1.82) is 0 Å². The minimum Gasteiger partial charge on any atom is -0.385 e. The average molecular weight is 438 g/mol. The van der Waals surface area contributed by atoms with E-state index in [9.17, 15) is 9.90 Å². The van der Waals surface area contributed by atoms with Gasteiger partial charge >= 0.3 is 0 Å². The second-order valence-corrected chi connectivity index (χ2v) is 8.62. The smallest absolute Gasteiger partial charge is 0.246 e. The highest BCUT2D eigenvalue weighted by Gasteiger charge is 2.34. The Morgan fingerprint density at radius 2 is 1.64 bits per heavy atom. The van der Waals surface area contributed by atoms with Crippen molar-refractivity contribution >= 4 is 23.0 Å². The number of aliphatic hydroxyl groups is 1. The van der Waals surface area contributed by atoms with Crippen LogP contribution in [0.5, 0.6) is 0 Å². The number of hydrogen-bond donors (Lipinski definition) is 1. The third-order valence-electron chi connectivity index (χ3n) is 6.64. The molecule has 5 rings (SSSR count). The van der Waals surface area contributed by atoms with Gasteiger partial charge in [-0.25, -0.2) is 4.98 Å². The molecule has 1 aliphatic heterocycles. The zero-order valence-corrected chi connectivity index (χ0v) is 18.7. The van der Waals surface area contributed by atoms with Crippen LogP contribution < -0.4 is 0 Å². The fraction of sp³-hybridized carbons (Fsp3) is 0.214. The summed E-state index contributed by atoms with van der Waals surface area (Å²) in [6.07, 6.45) is 6.42. The van der Waals surface area contributed by atoms with Gasteiger partial charge in [-0.3, -0.25) is 4.79 Å². The summed E-state index contributed by atoms with van der Waals surface area (Å²) in [5, 5.41) is 12.1. The first-order valence-corrected chi connectivity index (χ1v) is 11.3. The number of nitrogens with zero attached hydrogens (tertiary/aromatic N) is 3. The summed E-state index contributed by atoms with van der Waals surface area (Å²) < 4.78 is 2.08. The molecule has 1 saturated heterocycles. The van der Waals surface area contributed by atoms with Crippen molar-refractivity contribution in [3.8, 4) is 11.3 Å². The highest BCUT2D eigenvalue weighted by Crippen LogP contribution is 2.34. The number of piperidine rings is 1. The predicted molar refractivity (Wildman–Crippen MR) is 131 cm³/mol. The molecule has 1 fully saturated rings. The molecular weight excluding hydrogens is 410 g/mol. The lowest BCUT2D eigenvalue weighted by Gasteiger charge is -2.38. The predicted octanol–water partition coefficient (Wildman–Crippen LogP) is 4.76. The maximum atomic E-state index is 13.0. The van der Waals surface area contributed by atoms with Gasteiger partial charge in [-0.1, -0.05) is 60.7 Å². The normalized spacial score (nSPS) is 15.9. The Morgan fingerprint density at radius 3 is 2.33 bits per heavy atom. The molecule has 2 aromatic carbocycles. The van der Waals surface area contributed by atoms with Crippen molar-refractivity contribution in [2.75, 3.05) is 13.1 Å². The minimum absolute atomic E-state index is 0.0370. The van der Waals surface area contributed by atoms with Crippen LogP contribution in [-0.2, 0) is 17.4 Å². The van der Waals surface area contributed by atoms with Crippen LogP contribution in [0.3, 0.4) is 0 Å². The van der Waals surface area contributed by atoms with Crippen molar-refractivity contribution in [1.82, 2.24) is 14.5 Å². The zero-order chi connectivity index (χ0) is 22.8. The molecule has 0 spiro atoms. The van der Waals surface area contributed by atoms with E-state index < -0.39 is 5.60 Å². The SMILES string of the molecule is Cn1c(-c2ccccc2)c(/C=C/C(=O)N2CCC(O)(c3ccccc3)CC2)c2cccnc21. The van der Waals surface area contributed by atoms with Gasteiger partial charge in [0.25, 0.3) is 0 Å². The molecule has 5 nitrogen and oxygen atoms in total. The maximum absolute atomic E-state index is 13.0. The molecule has 0 bridgehead atoms. The molecule has 0 unspecified atom stereocenters. The summed E-state index contributed by atoms with van der Waals surface area (Å²) >= 11 is 0. The number of likely N-dealkylation sites (tertiary alicyclic amines) is 1. The Morgan fingerprint density at radius 1 is 0.970 bits per heavy atom. The van der Waals surface area contributed by atoms with Crippen molar-refractivity contribution < 1.29 is 9.90 Å². The van der Waals surface area contributed by atoms with E-state index in [1.807, 2.05) is 78.7 Å². The van der Waals surface area contributed by atoms with E-state index in [1.54, 1.807) is 12.3 Å². The minimum atomic E-state index is -0.871. The van der Waals surface area contributed by atoms with Crippen molar-refractivity contribution in [2.45, 2.75) is 18.4 Å². The van der Waals surface area contributed by atoms with Gasteiger partial charge in [-0.15, -0.1) is 0 Å². The average Bonchev–Trinajstić information content (AvgIpc) is 3.15.